The molecule has 2 rings (SSSR count). The van der Waals surface area contributed by atoms with Crippen LogP contribution in [-0.4, -0.2) is 28.2 Å². The van der Waals surface area contributed by atoms with Crippen LogP contribution in [0.2, 0.25) is 0 Å². The number of ether oxygens (including phenoxy) is 1. The number of carboxylic acid groups (broad SMARTS) is 1. The quantitative estimate of drug-likeness (QED) is 0.913. The van der Waals surface area contributed by atoms with E-state index in [1.54, 1.807) is 12.1 Å². The van der Waals surface area contributed by atoms with Crippen LogP contribution >= 0.6 is 15.9 Å². The normalized spacial score (nSPS) is 10.2. The summed E-state index contributed by atoms with van der Waals surface area (Å²) in [6.07, 6.45) is 1.35. The van der Waals surface area contributed by atoms with Gasteiger partial charge in [-0.3, -0.25) is 0 Å². The first-order valence-electron chi connectivity index (χ1n) is 4.74. The van der Waals surface area contributed by atoms with E-state index < -0.39 is 5.97 Å². The molecule has 0 aliphatic rings. The molecule has 1 heterocycles. The fourth-order valence-corrected chi connectivity index (χ4v) is 1.89. The summed E-state index contributed by atoms with van der Waals surface area (Å²) in [7, 11) is 1.53. The van der Waals surface area contributed by atoms with Crippen LogP contribution in [0.5, 0.6) is 5.75 Å². The van der Waals surface area contributed by atoms with E-state index in [9.17, 15) is 4.79 Å². The minimum Gasteiger partial charge on any atom is -0.496 e. The Kier molecular flexibility index (Phi) is 3.14. The standard InChI is InChI=1S/C11H9BrN2O3/c1-17-8-3-2-6(12)4-7(8)9-10(11(15)16)14-5-13-9/h2-5H,1H3,(H,13,14)(H,15,16). The van der Waals surface area contributed by atoms with Gasteiger partial charge in [0, 0.05) is 10.0 Å². The van der Waals surface area contributed by atoms with Crippen molar-refractivity contribution in [1.29, 1.82) is 0 Å². The number of hydrogen-bond donors (Lipinski definition) is 2. The molecule has 2 N–H and O–H groups in total. The van der Waals surface area contributed by atoms with E-state index in [0.29, 0.717) is 17.0 Å². The summed E-state index contributed by atoms with van der Waals surface area (Å²) < 4.78 is 6.02. The Balaban J connectivity index is 2.63. The van der Waals surface area contributed by atoms with Gasteiger partial charge < -0.3 is 14.8 Å². The van der Waals surface area contributed by atoms with Crippen molar-refractivity contribution in [3.05, 3.63) is 34.7 Å². The fourth-order valence-electron chi connectivity index (χ4n) is 1.53. The summed E-state index contributed by atoms with van der Waals surface area (Å²) >= 11 is 3.33. The van der Waals surface area contributed by atoms with Crippen LogP contribution in [0.25, 0.3) is 11.3 Å². The number of imidazole rings is 1. The Morgan fingerprint density at radius 1 is 1.53 bits per heavy atom. The first-order chi connectivity index (χ1) is 8.13. The molecule has 0 fully saturated rings. The van der Waals surface area contributed by atoms with Crippen molar-refractivity contribution >= 4 is 21.9 Å². The molecule has 0 saturated carbocycles. The van der Waals surface area contributed by atoms with Gasteiger partial charge in [-0.25, -0.2) is 9.78 Å². The van der Waals surface area contributed by atoms with Crippen molar-refractivity contribution in [3.8, 4) is 17.0 Å². The molecule has 0 aliphatic carbocycles. The summed E-state index contributed by atoms with van der Waals surface area (Å²) in [5.74, 6) is -0.484. The third-order valence-electron chi connectivity index (χ3n) is 2.27. The molecule has 0 spiro atoms. The number of hydrogen-bond acceptors (Lipinski definition) is 3. The van der Waals surface area contributed by atoms with Crippen LogP contribution in [0, 0.1) is 0 Å². The van der Waals surface area contributed by atoms with Gasteiger partial charge in [0.05, 0.1) is 13.4 Å². The second-order valence-corrected chi connectivity index (χ2v) is 4.19. The molecule has 0 bridgehead atoms. The molecule has 0 atom stereocenters. The number of aromatic amines is 1. The summed E-state index contributed by atoms with van der Waals surface area (Å²) in [5.41, 5.74) is 1.03. The minimum absolute atomic E-state index is 0.0430. The lowest BCUT2D eigenvalue weighted by Crippen LogP contribution is -2.00. The number of rotatable bonds is 3. The van der Waals surface area contributed by atoms with Crippen molar-refractivity contribution < 1.29 is 14.6 Å². The summed E-state index contributed by atoms with van der Waals surface area (Å²) in [4.78, 5) is 17.6. The maximum Gasteiger partial charge on any atom is 0.354 e. The molecule has 1 aromatic heterocycles. The maximum atomic E-state index is 11.0. The first kappa shape index (κ1) is 11.7. The van der Waals surface area contributed by atoms with E-state index in [2.05, 4.69) is 25.9 Å². The average Bonchev–Trinajstić information content (AvgIpc) is 2.77. The number of aromatic carboxylic acids is 1. The van der Waals surface area contributed by atoms with Crippen molar-refractivity contribution in [1.82, 2.24) is 9.97 Å². The van der Waals surface area contributed by atoms with Crippen LogP contribution < -0.4 is 4.74 Å². The van der Waals surface area contributed by atoms with Gasteiger partial charge in [-0.1, -0.05) is 15.9 Å². The topological polar surface area (TPSA) is 75.2 Å². The van der Waals surface area contributed by atoms with Gasteiger partial charge in [-0.2, -0.15) is 0 Å². The van der Waals surface area contributed by atoms with Crippen molar-refractivity contribution in [2.45, 2.75) is 0 Å². The Bertz CT molecular complexity index is 566. The van der Waals surface area contributed by atoms with E-state index in [1.165, 1.54) is 13.4 Å². The second kappa shape index (κ2) is 4.58. The van der Waals surface area contributed by atoms with E-state index >= 15 is 0 Å². The molecule has 6 heteroatoms. The van der Waals surface area contributed by atoms with Gasteiger partial charge in [0.15, 0.2) is 5.69 Å². The number of carbonyl (C=O) groups is 1. The Labute approximate surface area is 106 Å². The summed E-state index contributed by atoms with van der Waals surface area (Å²) in [5, 5.41) is 9.02. The van der Waals surface area contributed by atoms with E-state index in [0.717, 1.165) is 4.47 Å². The predicted octanol–water partition coefficient (Wildman–Crippen LogP) is 2.55. The molecule has 0 amide bonds. The highest BCUT2D eigenvalue weighted by molar-refractivity contribution is 9.10. The molecule has 0 saturated heterocycles. The number of aromatic nitrogens is 2. The van der Waals surface area contributed by atoms with Crippen LogP contribution in [0.3, 0.4) is 0 Å². The van der Waals surface area contributed by atoms with E-state index in [-0.39, 0.29) is 5.69 Å². The number of H-pyrrole nitrogens is 1. The lowest BCUT2D eigenvalue weighted by Gasteiger charge is -2.07. The minimum atomic E-state index is -1.06. The first-order valence-corrected chi connectivity index (χ1v) is 5.53. The van der Waals surface area contributed by atoms with Crippen molar-refractivity contribution in [2.24, 2.45) is 0 Å². The molecule has 0 radical (unpaired) electrons. The predicted molar refractivity (Wildman–Crippen MR) is 65.2 cm³/mol. The monoisotopic (exact) mass is 296 g/mol. The highest BCUT2D eigenvalue weighted by Crippen LogP contribution is 2.32. The second-order valence-electron chi connectivity index (χ2n) is 3.28. The molecule has 0 aliphatic heterocycles. The van der Waals surface area contributed by atoms with Gasteiger partial charge in [-0.05, 0) is 18.2 Å². The highest BCUT2D eigenvalue weighted by atomic mass is 79.9. The van der Waals surface area contributed by atoms with E-state index in [4.69, 9.17) is 9.84 Å². The van der Waals surface area contributed by atoms with Crippen molar-refractivity contribution in [2.75, 3.05) is 7.11 Å². The molecule has 2 aromatic rings. The fraction of sp³-hybridized carbons (Fsp3) is 0.0909. The highest BCUT2D eigenvalue weighted by Gasteiger charge is 2.18. The number of halogens is 1. The van der Waals surface area contributed by atoms with Gasteiger partial charge in [0.25, 0.3) is 0 Å². The average molecular weight is 297 g/mol. The lowest BCUT2D eigenvalue weighted by molar-refractivity contribution is 0.0692. The largest absolute Gasteiger partial charge is 0.496 e. The molecule has 1 aromatic carbocycles. The van der Waals surface area contributed by atoms with Crippen LogP contribution in [0.15, 0.2) is 29.0 Å². The van der Waals surface area contributed by atoms with Gasteiger partial charge in [0.1, 0.15) is 11.4 Å². The number of benzene rings is 1. The number of nitrogens with zero attached hydrogens (tertiary/aromatic N) is 1. The van der Waals surface area contributed by atoms with Gasteiger partial charge in [0.2, 0.25) is 0 Å². The van der Waals surface area contributed by atoms with E-state index in [1.807, 2.05) is 6.07 Å². The summed E-state index contributed by atoms with van der Waals surface area (Å²) in [6.45, 7) is 0. The molecule has 17 heavy (non-hydrogen) atoms. The zero-order valence-electron chi connectivity index (χ0n) is 8.90. The van der Waals surface area contributed by atoms with Crippen LogP contribution in [0.1, 0.15) is 10.5 Å². The molecule has 5 nitrogen and oxygen atoms in total. The Morgan fingerprint density at radius 2 is 2.29 bits per heavy atom. The van der Waals surface area contributed by atoms with Crippen LogP contribution in [0.4, 0.5) is 0 Å². The van der Waals surface area contributed by atoms with Crippen LogP contribution in [-0.2, 0) is 0 Å². The third-order valence-corrected chi connectivity index (χ3v) is 2.76. The lowest BCUT2D eigenvalue weighted by atomic mass is 10.1. The van der Waals surface area contributed by atoms with Crippen molar-refractivity contribution in [3.63, 3.8) is 0 Å². The molecule has 0 unspecified atom stereocenters. The SMILES string of the molecule is COc1ccc(Br)cc1-c1nc[nH]c1C(=O)O. The number of nitrogens with one attached hydrogen (secondary N) is 1. The smallest absolute Gasteiger partial charge is 0.354 e. The molecular formula is C11H9BrN2O3. The molecular weight excluding hydrogens is 288 g/mol. The maximum absolute atomic E-state index is 11.0. The van der Waals surface area contributed by atoms with Gasteiger partial charge in [-0.15, -0.1) is 0 Å². The number of methoxy groups -OCH3 is 1. The van der Waals surface area contributed by atoms with Gasteiger partial charge >= 0.3 is 5.97 Å². The number of carboxylic acids is 1. The summed E-state index contributed by atoms with van der Waals surface area (Å²) in [6, 6.07) is 5.33. The third kappa shape index (κ3) is 2.16. The molecule has 88 valence electrons. The zero-order chi connectivity index (χ0) is 12.4. The Hall–Kier alpha value is -1.82. The Morgan fingerprint density at radius 3 is 2.94 bits per heavy atom. The zero-order valence-corrected chi connectivity index (χ0v) is 10.5.